The number of carbonyl (C=O) groups is 1. The van der Waals surface area contributed by atoms with Gasteiger partial charge in [0.1, 0.15) is 10.7 Å². The number of nitrogens with one attached hydrogen (secondary N) is 1. The maximum atomic E-state index is 12.8. The molecule has 0 fully saturated rings. The highest BCUT2D eigenvalue weighted by Crippen LogP contribution is 2.34. The van der Waals surface area contributed by atoms with Gasteiger partial charge >= 0.3 is 0 Å². The molecule has 5 nitrogen and oxygen atoms in total. The lowest BCUT2D eigenvalue weighted by Gasteiger charge is -2.20. The fourth-order valence-electron chi connectivity index (χ4n) is 3.27. The fraction of sp³-hybridized carbons (Fsp3) is 0.227. The Morgan fingerprint density at radius 1 is 1.17 bits per heavy atom. The summed E-state index contributed by atoms with van der Waals surface area (Å²) in [5, 5.41) is 2.57. The zero-order valence-electron chi connectivity index (χ0n) is 16.3. The molecule has 0 saturated carbocycles. The largest absolute Gasteiger partial charge is 0.338 e. The fourth-order valence-corrected chi connectivity index (χ4v) is 5.20. The van der Waals surface area contributed by atoms with E-state index < -0.39 is 0 Å². The molecule has 1 N–H and O–H groups in total. The van der Waals surface area contributed by atoms with Crippen molar-refractivity contribution in [2.45, 2.75) is 26.8 Å². The number of likely N-dealkylation sites (N-methyl/N-ethyl adjacent to an activating group) is 1. The Morgan fingerprint density at radius 3 is 2.66 bits per heavy atom. The Hall–Kier alpha value is -2.77. The average molecular weight is 424 g/mol. The molecule has 0 aliphatic heterocycles. The van der Waals surface area contributed by atoms with Crippen molar-refractivity contribution in [1.82, 2.24) is 14.9 Å². The van der Waals surface area contributed by atoms with Crippen LogP contribution in [0.3, 0.4) is 0 Å². The molecular weight excluding hydrogens is 402 g/mol. The standard InChI is InChI=1S/C22H21N3O2S2/c1-3-25(12-15-7-5-4-6-8-15)19(26)11-18-23-21(27)20-16(13-28-22(20)24-18)17-10-9-14(2)29-17/h4-10,13H,3,11-12H2,1-2H3,(H,23,24,27). The summed E-state index contributed by atoms with van der Waals surface area (Å²) in [5.41, 5.74) is 1.80. The van der Waals surface area contributed by atoms with Gasteiger partial charge in [-0.3, -0.25) is 9.59 Å². The molecule has 0 spiro atoms. The lowest BCUT2D eigenvalue weighted by molar-refractivity contribution is -0.131. The Labute approximate surface area is 176 Å². The number of fused-ring (bicyclic) bond motifs is 1. The van der Waals surface area contributed by atoms with Gasteiger partial charge in [0.2, 0.25) is 5.91 Å². The highest BCUT2D eigenvalue weighted by Gasteiger charge is 2.18. The number of benzene rings is 1. The summed E-state index contributed by atoms with van der Waals surface area (Å²) in [5.74, 6) is 0.360. The summed E-state index contributed by atoms with van der Waals surface area (Å²) >= 11 is 3.10. The van der Waals surface area contributed by atoms with Crippen molar-refractivity contribution in [3.05, 3.63) is 74.5 Å². The zero-order chi connectivity index (χ0) is 20.4. The molecule has 0 atom stereocenters. The molecular formula is C22H21N3O2S2. The van der Waals surface area contributed by atoms with Crippen LogP contribution in [0, 0.1) is 6.92 Å². The number of thiophene rings is 2. The van der Waals surface area contributed by atoms with E-state index in [4.69, 9.17) is 0 Å². The van der Waals surface area contributed by atoms with Gasteiger partial charge in [0.15, 0.2) is 0 Å². The van der Waals surface area contributed by atoms with E-state index in [1.54, 1.807) is 16.2 Å². The van der Waals surface area contributed by atoms with E-state index in [2.05, 4.69) is 9.97 Å². The third-order valence-corrected chi connectivity index (χ3v) is 6.67. The number of aryl methyl sites for hydroxylation is 1. The first-order valence-electron chi connectivity index (χ1n) is 9.44. The number of aromatic amines is 1. The summed E-state index contributed by atoms with van der Waals surface area (Å²) in [6.07, 6.45) is 0.0806. The highest BCUT2D eigenvalue weighted by atomic mass is 32.1. The van der Waals surface area contributed by atoms with Crippen molar-refractivity contribution < 1.29 is 4.79 Å². The second-order valence-electron chi connectivity index (χ2n) is 6.82. The van der Waals surface area contributed by atoms with E-state index in [9.17, 15) is 9.59 Å². The third kappa shape index (κ3) is 4.16. The number of hydrogen-bond acceptors (Lipinski definition) is 5. The van der Waals surface area contributed by atoms with Crippen LogP contribution in [-0.4, -0.2) is 27.3 Å². The van der Waals surface area contributed by atoms with Gasteiger partial charge in [0, 0.05) is 33.8 Å². The van der Waals surface area contributed by atoms with Gasteiger partial charge in [-0.25, -0.2) is 4.98 Å². The van der Waals surface area contributed by atoms with Crippen molar-refractivity contribution in [2.24, 2.45) is 0 Å². The number of aromatic nitrogens is 2. The van der Waals surface area contributed by atoms with Gasteiger partial charge in [-0.2, -0.15) is 0 Å². The molecule has 3 aromatic heterocycles. The summed E-state index contributed by atoms with van der Waals surface area (Å²) in [7, 11) is 0. The second-order valence-corrected chi connectivity index (χ2v) is 8.97. The summed E-state index contributed by atoms with van der Waals surface area (Å²) in [6, 6.07) is 14.0. The number of rotatable bonds is 6. The Balaban J connectivity index is 1.58. The average Bonchev–Trinajstić information content (AvgIpc) is 3.33. The normalized spacial score (nSPS) is 11.1. The molecule has 7 heteroatoms. The predicted octanol–water partition coefficient (Wildman–Crippen LogP) is 4.61. The van der Waals surface area contributed by atoms with Crippen LogP contribution in [0.25, 0.3) is 20.7 Å². The molecule has 0 unspecified atom stereocenters. The molecule has 29 heavy (non-hydrogen) atoms. The molecule has 1 amide bonds. The molecule has 0 bridgehead atoms. The second kappa shape index (κ2) is 8.31. The molecule has 0 aliphatic carbocycles. The van der Waals surface area contributed by atoms with Crippen LogP contribution < -0.4 is 5.56 Å². The summed E-state index contributed by atoms with van der Waals surface area (Å²) in [4.78, 5) is 37.7. The smallest absolute Gasteiger partial charge is 0.260 e. The lowest BCUT2D eigenvalue weighted by atomic mass is 10.2. The summed E-state index contributed by atoms with van der Waals surface area (Å²) < 4.78 is 0. The van der Waals surface area contributed by atoms with Crippen LogP contribution in [-0.2, 0) is 17.8 Å². The first-order chi connectivity index (χ1) is 14.0. The van der Waals surface area contributed by atoms with Crippen LogP contribution in [0.15, 0.2) is 52.6 Å². The molecule has 148 valence electrons. The van der Waals surface area contributed by atoms with Crippen molar-refractivity contribution in [1.29, 1.82) is 0 Å². The minimum absolute atomic E-state index is 0.0514. The van der Waals surface area contributed by atoms with E-state index in [0.717, 1.165) is 16.0 Å². The minimum atomic E-state index is -0.189. The van der Waals surface area contributed by atoms with Crippen LogP contribution >= 0.6 is 22.7 Å². The molecule has 4 aromatic rings. The first kappa shape index (κ1) is 19.5. The number of amides is 1. The van der Waals surface area contributed by atoms with Crippen LogP contribution in [0.4, 0.5) is 0 Å². The van der Waals surface area contributed by atoms with Gasteiger partial charge in [-0.1, -0.05) is 30.3 Å². The van der Waals surface area contributed by atoms with Crippen LogP contribution in [0.2, 0.25) is 0 Å². The zero-order valence-corrected chi connectivity index (χ0v) is 17.9. The maximum absolute atomic E-state index is 12.8. The molecule has 0 radical (unpaired) electrons. The number of carbonyl (C=O) groups excluding carboxylic acids is 1. The lowest BCUT2D eigenvalue weighted by Crippen LogP contribution is -2.32. The van der Waals surface area contributed by atoms with Gasteiger partial charge in [0.05, 0.1) is 11.8 Å². The van der Waals surface area contributed by atoms with E-state index in [-0.39, 0.29) is 17.9 Å². The third-order valence-electron chi connectivity index (χ3n) is 4.77. The Kier molecular flexibility index (Phi) is 5.60. The van der Waals surface area contributed by atoms with Gasteiger partial charge in [-0.15, -0.1) is 22.7 Å². The predicted molar refractivity (Wildman–Crippen MR) is 120 cm³/mol. The van der Waals surface area contributed by atoms with E-state index in [1.807, 2.05) is 61.7 Å². The minimum Gasteiger partial charge on any atom is -0.338 e. The molecule has 1 aromatic carbocycles. The van der Waals surface area contributed by atoms with E-state index in [0.29, 0.717) is 29.1 Å². The molecule has 0 aliphatic rings. The van der Waals surface area contributed by atoms with Crippen LogP contribution in [0.5, 0.6) is 0 Å². The van der Waals surface area contributed by atoms with Crippen molar-refractivity contribution in [3.63, 3.8) is 0 Å². The number of H-pyrrole nitrogens is 1. The first-order valence-corrected chi connectivity index (χ1v) is 11.1. The van der Waals surface area contributed by atoms with E-state index >= 15 is 0 Å². The van der Waals surface area contributed by atoms with Gasteiger partial charge < -0.3 is 9.88 Å². The van der Waals surface area contributed by atoms with E-state index in [1.165, 1.54) is 16.2 Å². The number of hydrogen-bond donors (Lipinski definition) is 1. The summed E-state index contributed by atoms with van der Waals surface area (Å²) in [6.45, 7) is 5.14. The molecule has 4 rings (SSSR count). The van der Waals surface area contributed by atoms with Gasteiger partial charge in [-0.05, 0) is 31.5 Å². The topological polar surface area (TPSA) is 66.1 Å². The Morgan fingerprint density at radius 2 is 1.97 bits per heavy atom. The van der Waals surface area contributed by atoms with Crippen LogP contribution in [0.1, 0.15) is 23.2 Å². The van der Waals surface area contributed by atoms with Gasteiger partial charge in [0.25, 0.3) is 5.56 Å². The van der Waals surface area contributed by atoms with Crippen molar-refractivity contribution >= 4 is 38.8 Å². The van der Waals surface area contributed by atoms with Crippen molar-refractivity contribution in [2.75, 3.05) is 6.54 Å². The van der Waals surface area contributed by atoms with Crippen molar-refractivity contribution in [3.8, 4) is 10.4 Å². The quantitative estimate of drug-likeness (QED) is 0.492. The number of nitrogens with zero attached hydrogens (tertiary/aromatic N) is 2. The molecule has 0 saturated heterocycles. The monoisotopic (exact) mass is 423 g/mol. The highest BCUT2D eigenvalue weighted by molar-refractivity contribution is 7.19. The SMILES string of the molecule is CCN(Cc1ccccc1)C(=O)Cc1nc2scc(-c3ccc(C)s3)c2c(=O)[nH]1. The molecule has 3 heterocycles. The maximum Gasteiger partial charge on any atom is 0.260 e. The Bertz CT molecular complexity index is 1210.